The van der Waals surface area contributed by atoms with Gasteiger partial charge in [-0.05, 0) is 6.42 Å². The average Bonchev–Trinajstić information content (AvgIpc) is 2.11. The molecule has 0 aliphatic carbocycles. The molecule has 0 aromatic heterocycles. The maximum Gasteiger partial charge on any atom is 0.126 e. The van der Waals surface area contributed by atoms with E-state index in [4.69, 9.17) is 4.74 Å². The van der Waals surface area contributed by atoms with E-state index in [2.05, 4.69) is 6.92 Å². The lowest BCUT2D eigenvalue weighted by atomic mass is 10.1. The Morgan fingerprint density at radius 1 is 1.42 bits per heavy atom. The van der Waals surface area contributed by atoms with Gasteiger partial charge in [-0.1, -0.05) is 32.4 Å². The van der Waals surface area contributed by atoms with Crippen molar-refractivity contribution in [2.75, 3.05) is 7.11 Å². The molecule has 0 fully saturated rings. The monoisotopic (exact) mass is 170 g/mol. The Morgan fingerprint density at radius 3 is 2.50 bits per heavy atom. The summed E-state index contributed by atoms with van der Waals surface area (Å²) in [7, 11) is 1.69. The van der Waals surface area contributed by atoms with Crippen LogP contribution in [-0.2, 0) is 9.53 Å². The molecule has 2 nitrogen and oxygen atoms in total. The molecule has 0 aliphatic heterocycles. The molecular formula is C10H18O2. The largest absolute Gasteiger partial charge is 0.377 e. The van der Waals surface area contributed by atoms with Crippen LogP contribution >= 0.6 is 0 Å². The average molecular weight is 170 g/mol. The van der Waals surface area contributed by atoms with Crippen molar-refractivity contribution < 1.29 is 9.53 Å². The Labute approximate surface area is 74.6 Å². The Kier molecular flexibility index (Phi) is 6.67. The number of rotatable bonds is 6. The number of ether oxygens (including phenoxy) is 1. The van der Waals surface area contributed by atoms with E-state index in [1.807, 2.05) is 19.1 Å². The Balaban J connectivity index is 3.82. The molecule has 0 aromatic carbocycles. The molecular weight excluding hydrogens is 152 g/mol. The Hall–Kier alpha value is -0.630. The fraction of sp³-hybridized carbons (Fsp3) is 0.700. The maximum absolute atomic E-state index is 10.3. The quantitative estimate of drug-likeness (QED) is 0.451. The van der Waals surface area contributed by atoms with Crippen molar-refractivity contribution in [3.63, 3.8) is 0 Å². The first-order chi connectivity index (χ1) is 5.74. The molecule has 12 heavy (non-hydrogen) atoms. The van der Waals surface area contributed by atoms with Crippen LogP contribution in [0.4, 0.5) is 0 Å². The molecule has 0 aromatic rings. The van der Waals surface area contributed by atoms with Crippen molar-refractivity contribution in [3.05, 3.63) is 12.2 Å². The second-order valence-corrected chi connectivity index (χ2v) is 2.94. The minimum absolute atomic E-state index is 0.000457. The predicted octanol–water partition coefficient (Wildman–Crippen LogP) is 2.19. The standard InChI is InChI=1S/C10H18O2/c1-4-5-10(12-3)7-6-9(2)8-11/h6-10H,4-5H2,1-3H3/b7-6+. The van der Waals surface area contributed by atoms with Gasteiger partial charge in [-0.15, -0.1) is 0 Å². The van der Waals surface area contributed by atoms with Gasteiger partial charge < -0.3 is 9.53 Å². The molecule has 0 bridgehead atoms. The lowest BCUT2D eigenvalue weighted by Gasteiger charge is -2.08. The predicted molar refractivity (Wildman–Crippen MR) is 50.1 cm³/mol. The highest BCUT2D eigenvalue weighted by Crippen LogP contribution is 2.04. The fourth-order valence-corrected chi connectivity index (χ4v) is 0.922. The van der Waals surface area contributed by atoms with Gasteiger partial charge in [-0.3, -0.25) is 0 Å². The van der Waals surface area contributed by atoms with Crippen molar-refractivity contribution in [1.29, 1.82) is 0 Å². The molecule has 0 rings (SSSR count). The van der Waals surface area contributed by atoms with Crippen LogP contribution in [-0.4, -0.2) is 19.5 Å². The minimum atomic E-state index is -0.000457. The molecule has 70 valence electrons. The van der Waals surface area contributed by atoms with Gasteiger partial charge >= 0.3 is 0 Å². The summed E-state index contributed by atoms with van der Waals surface area (Å²) < 4.78 is 5.18. The molecule has 0 saturated heterocycles. The summed E-state index contributed by atoms with van der Waals surface area (Å²) >= 11 is 0. The van der Waals surface area contributed by atoms with Crippen LogP contribution in [0, 0.1) is 5.92 Å². The lowest BCUT2D eigenvalue weighted by Crippen LogP contribution is -2.06. The summed E-state index contributed by atoms with van der Waals surface area (Å²) in [6.45, 7) is 3.98. The van der Waals surface area contributed by atoms with Crippen molar-refractivity contribution >= 4 is 6.29 Å². The number of carbonyl (C=O) groups is 1. The zero-order chi connectivity index (χ0) is 9.40. The Bertz CT molecular complexity index is 141. The van der Waals surface area contributed by atoms with Crippen LogP contribution in [0.1, 0.15) is 26.7 Å². The SMILES string of the molecule is CCCC(/C=C/C(C)C=O)OC. The molecule has 0 amide bonds. The first-order valence-electron chi connectivity index (χ1n) is 4.41. The van der Waals surface area contributed by atoms with Gasteiger partial charge in [0, 0.05) is 13.0 Å². The molecule has 0 spiro atoms. The van der Waals surface area contributed by atoms with E-state index in [1.54, 1.807) is 7.11 Å². The second-order valence-electron chi connectivity index (χ2n) is 2.94. The first-order valence-corrected chi connectivity index (χ1v) is 4.41. The van der Waals surface area contributed by atoms with Gasteiger partial charge in [-0.25, -0.2) is 0 Å². The third-order valence-corrected chi connectivity index (χ3v) is 1.72. The van der Waals surface area contributed by atoms with Crippen molar-refractivity contribution in [2.45, 2.75) is 32.8 Å². The fourth-order valence-electron chi connectivity index (χ4n) is 0.922. The normalized spacial score (nSPS) is 16.2. The van der Waals surface area contributed by atoms with E-state index in [0.717, 1.165) is 19.1 Å². The van der Waals surface area contributed by atoms with E-state index >= 15 is 0 Å². The van der Waals surface area contributed by atoms with Crippen LogP contribution in [0.25, 0.3) is 0 Å². The maximum atomic E-state index is 10.3. The zero-order valence-corrected chi connectivity index (χ0v) is 8.12. The number of allylic oxidation sites excluding steroid dienone is 1. The Morgan fingerprint density at radius 2 is 2.08 bits per heavy atom. The summed E-state index contributed by atoms with van der Waals surface area (Å²) in [6, 6.07) is 0. The van der Waals surface area contributed by atoms with Gasteiger partial charge in [0.2, 0.25) is 0 Å². The van der Waals surface area contributed by atoms with E-state index in [9.17, 15) is 4.79 Å². The smallest absolute Gasteiger partial charge is 0.126 e. The molecule has 0 radical (unpaired) electrons. The third kappa shape index (κ3) is 5.08. The summed E-state index contributed by atoms with van der Waals surface area (Å²) in [6.07, 6.45) is 7.04. The van der Waals surface area contributed by atoms with Crippen LogP contribution in [0.2, 0.25) is 0 Å². The van der Waals surface area contributed by atoms with Gasteiger partial charge in [0.25, 0.3) is 0 Å². The van der Waals surface area contributed by atoms with Crippen LogP contribution < -0.4 is 0 Å². The lowest BCUT2D eigenvalue weighted by molar-refractivity contribution is -0.109. The number of carbonyl (C=O) groups excluding carboxylic acids is 1. The number of hydrogen-bond donors (Lipinski definition) is 0. The molecule has 2 unspecified atom stereocenters. The molecule has 0 aliphatic rings. The zero-order valence-electron chi connectivity index (χ0n) is 8.12. The van der Waals surface area contributed by atoms with E-state index in [1.165, 1.54) is 0 Å². The number of hydrogen-bond acceptors (Lipinski definition) is 2. The summed E-state index contributed by atoms with van der Waals surface area (Å²) in [4.78, 5) is 10.3. The highest BCUT2D eigenvalue weighted by molar-refractivity contribution is 5.55. The molecule has 0 heterocycles. The molecule has 2 atom stereocenters. The first kappa shape index (κ1) is 11.4. The summed E-state index contributed by atoms with van der Waals surface area (Å²) in [5, 5.41) is 0. The van der Waals surface area contributed by atoms with Gasteiger partial charge in [0.1, 0.15) is 6.29 Å². The number of methoxy groups -OCH3 is 1. The van der Waals surface area contributed by atoms with Crippen molar-refractivity contribution in [2.24, 2.45) is 5.92 Å². The molecule has 0 N–H and O–H groups in total. The van der Waals surface area contributed by atoms with Crippen molar-refractivity contribution in [3.8, 4) is 0 Å². The van der Waals surface area contributed by atoms with E-state index in [0.29, 0.717) is 0 Å². The van der Waals surface area contributed by atoms with Gasteiger partial charge in [-0.2, -0.15) is 0 Å². The van der Waals surface area contributed by atoms with Crippen LogP contribution in [0.15, 0.2) is 12.2 Å². The van der Waals surface area contributed by atoms with Gasteiger partial charge in [0.05, 0.1) is 6.10 Å². The molecule has 2 heteroatoms. The second kappa shape index (κ2) is 7.04. The highest BCUT2D eigenvalue weighted by Gasteiger charge is 2.00. The third-order valence-electron chi connectivity index (χ3n) is 1.72. The van der Waals surface area contributed by atoms with E-state index < -0.39 is 0 Å². The summed E-state index contributed by atoms with van der Waals surface area (Å²) in [5.74, 6) is -0.000457. The van der Waals surface area contributed by atoms with Crippen LogP contribution in [0.3, 0.4) is 0 Å². The highest BCUT2D eigenvalue weighted by atomic mass is 16.5. The van der Waals surface area contributed by atoms with Crippen LogP contribution in [0.5, 0.6) is 0 Å². The molecule has 0 saturated carbocycles. The topological polar surface area (TPSA) is 26.3 Å². The van der Waals surface area contributed by atoms with Crippen molar-refractivity contribution in [1.82, 2.24) is 0 Å². The summed E-state index contributed by atoms with van der Waals surface area (Å²) in [5.41, 5.74) is 0. The minimum Gasteiger partial charge on any atom is -0.377 e. The number of aldehydes is 1. The van der Waals surface area contributed by atoms with Gasteiger partial charge in [0.15, 0.2) is 0 Å². The van der Waals surface area contributed by atoms with E-state index in [-0.39, 0.29) is 12.0 Å².